The summed E-state index contributed by atoms with van der Waals surface area (Å²) in [6, 6.07) is 15.1. The van der Waals surface area contributed by atoms with Crippen LogP contribution in [0, 0.1) is 0 Å². The third kappa shape index (κ3) is 5.91. The molecule has 1 aromatic heterocycles. The van der Waals surface area contributed by atoms with Gasteiger partial charge in [0.15, 0.2) is 0 Å². The minimum Gasteiger partial charge on any atom is -0.497 e. The lowest BCUT2D eigenvalue weighted by Crippen LogP contribution is -2.28. The summed E-state index contributed by atoms with van der Waals surface area (Å²) >= 11 is 0. The molecule has 0 fully saturated rings. The smallest absolute Gasteiger partial charge is 0.251 e. The normalized spacial score (nSPS) is 11.3. The Balaban J connectivity index is 1.63. The van der Waals surface area contributed by atoms with E-state index in [0.717, 1.165) is 11.4 Å². The molecule has 10 heteroatoms. The molecule has 2 N–H and O–H groups in total. The SMILES string of the molecule is COCCNS(=O)(=O)c1cccc(C(=O)NCc2ccn(-c3ccc(OC)cc3)n2)c1. The molecule has 1 amide bonds. The molecule has 0 saturated heterocycles. The number of benzene rings is 2. The van der Waals surface area contributed by atoms with E-state index in [4.69, 9.17) is 9.47 Å². The van der Waals surface area contributed by atoms with Crippen molar-refractivity contribution in [1.29, 1.82) is 0 Å². The first kappa shape index (κ1) is 22.5. The number of aromatic nitrogens is 2. The van der Waals surface area contributed by atoms with E-state index >= 15 is 0 Å². The molecule has 3 rings (SSSR count). The quantitative estimate of drug-likeness (QED) is 0.461. The second kappa shape index (κ2) is 10.2. The number of carbonyl (C=O) groups is 1. The fraction of sp³-hybridized carbons (Fsp3) is 0.238. The maximum atomic E-state index is 12.5. The van der Waals surface area contributed by atoms with Gasteiger partial charge in [-0.15, -0.1) is 0 Å². The van der Waals surface area contributed by atoms with Crippen LogP contribution in [0.1, 0.15) is 16.1 Å². The van der Waals surface area contributed by atoms with E-state index in [-0.39, 0.29) is 30.2 Å². The molecule has 0 atom stereocenters. The van der Waals surface area contributed by atoms with Crippen LogP contribution in [0.2, 0.25) is 0 Å². The number of amides is 1. The fourth-order valence-electron chi connectivity index (χ4n) is 2.77. The zero-order valence-corrected chi connectivity index (χ0v) is 18.1. The first-order valence-electron chi connectivity index (χ1n) is 9.49. The maximum Gasteiger partial charge on any atom is 0.251 e. The Labute approximate surface area is 181 Å². The summed E-state index contributed by atoms with van der Waals surface area (Å²) in [7, 11) is -0.633. The first-order valence-corrected chi connectivity index (χ1v) is 11.0. The van der Waals surface area contributed by atoms with Crippen molar-refractivity contribution < 1.29 is 22.7 Å². The highest BCUT2D eigenvalue weighted by atomic mass is 32.2. The van der Waals surface area contributed by atoms with E-state index < -0.39 is 15.9 Å². The lowest BCUT2D eigenvalue weighted by atomic mass is 10.2. The van der Waals surface area contributed by atoms with E-state index in [1.807, 2.05) is 24.3 Å². The van der Waals surface area contributed by atoms with Gasteiger partial charge in [-0.05, 0) is 48.5 Å². The van der Waals surface area contributed by atoms with E-state index in [9.17, 15) is 13.2 Å². The summed E-state index contributed by atoms with van der Waals surface area (Å²) in [5.74, 6) is 0.356. The molecule has 9 nitrogen and oxygen atoms in total. The topological polar surface area (TPSA) is 112 Å². The number of sulfonamides is 1. The van der Waals surface area contributed by atoms with Crippen molar-refractivity contribution in [1.82, 2.24) is 19.8 Å². The zero-order valence-electron chi connectivity index (χ0n) is 17.2. The second-order valence-electron chi connectivity index (χ2n) is 6.55. The third-order valence-corrected chi connectivity index (χ3v) is 5.87. The van der Waals surface area contributed by atoms with E-state index in [1.54, 1.807) is 30.1 Å². The van der Waals surface area contributed by atoms with Crippen molar-refractivity contribution in [2.45, 2.75) is 11.4 Å². The summed E-state index contributed by atoms with van der Waals surface area (Å²) in [6.45, 7) is 0.597. The Kier molecular flexibility index (Phi) is 7.40. The van der Waals surface area contributed by atoms with Crippen molar-refractivity contribution in [2.75, 3.05) is 27.4 Å². The van der Waals surface area contributed by atoms with Gasteiger partial charge in [0.1, 0.15) is 5.75 Å². The van der Waals surface area contributed by atoms with Gasteiger partial charge in [0.25, 0.3) is 5.91 Å². The highest BCUT2D eigenvalue weighted by Crippen LogP contribution is 2.15. The zero-order chi connectivity index (χ0) is 22.3. The van der Waals surface area contributed by atoms with Crippen molar-refractivity contribution >= 4 is 15.9 Å². The molecule has 2 aromatic carbocycles. The molecular formula is C21H24N4O5S. The van der Waals surface area contributed by atoms with Crippen LogP contribution >= 0.6 is 0 Å². The molecular weight excluding hydrogens is 420 g/mol. The number of hydrogen-bond acceptors (Lipinski definition) is 6. The van der Waals surface area contributed by atoms with Gasteiger partial charge in [0, 0.05) is 25.4 Å². The van der Waals surface area contributed by atoms with Gasteiger partial charge in [-0.1, -0.05) is 6.07 Å². The monoisotopic (exact) mass is 444 g/mol. The lowest BCUT2D eigenvalue weighted by Gasteiger charge is -2.08. The maximum absolute atomic E-state index is 12.5. The highest BCUT2D eigenvalue weighted by molar-refractivity contribution is 7.89. The number of carbonyl (C=O) groups excluding carboxylic acids is 1. The Morgan fingerprint density at radius 2 is 1.87 bits per heavy atom. The van der Waals surface area contributed by atoms with Crippen molar-refractivity contribution in [3.63, 3.8) is 0 Å². The number of hydrogen-bond donors (Lipinski definition) is 2. The van der Waals surface area contributed by atoms with Crippen LogP contribution in [-0.4, -0.2) is 51.5 Å². The van der Waals surface area contributed by atoms with Gasteiger partial charge in [-0.2, -0.15) is 5.10 Å². The molecule has 3 aromatic rings. The average molecular weight is 445 g/mol. The molecule has 0 aliphatic heterocycles. The fourth-order valence-corrected chi connectivity index (χ4v) is 3.83. The van der Waals surface area contributed by atoms with E-state index in [2.05, 4.69) is 15.1 Å². The van der Waals surface area contributed by atoms with Crippen LogP contribution in [0.25, 0.3) is 5.69 Å². The predicted octanol–water partition coefficient (Wildman–Crippen LogP) is 1.74. The van der Waals surface area contributed by atoms with Gasteiger partial charge in [-0.3, -0.25) is 4.79 Å². The molecule has 0 spiro atoms. The Morgan fingerprint density at radius 3 is 2.58 bits per heavy atom. The molecule has 0 saturated carbocycles. The molecule has 0 bridgehead atoms. The molecule has 31 heavy (non-hydrogen) atoms. The van der Waals surface area contributed by atoms with Crippen molar-refractivity contribution in [3.05, 3.63) is 72.1 Å². The molecule has 0 radical (unpaired) electrons. The van der Waals surface area contributed by atoms with E-state index in [0.29, 0.717) is 5.69 Å². The largest absolute Gasteiger partial charge is 0.497 e. The van der Waals surface area contributed by atoms with E-state index in [1.165, 1.54) is 25.3 Å². The summed E-state index contributed by atoms with van der Waals surface area (Å²) in [6.07, 6.45) is 1.79. The average Bonchev–Trinajstić information content (AvgIpc) is 3.27. The van der Waals surface area contributed by atoms with Crippen molar-refractivity contribution in [3.8, 4) is 11.4 Å². The second-order valence-corrected chi connectivity index (χ2v) is 8.32. The molecule has 0 aliphatic rings. The Bertz CT molecular complexity index is 1130. The predicted molar refractivity (Wildman–Crippen MR) is 115 cm³/mol. The molecule has 0 aliphatic carbocycles. The third-order valence-electron chi connectivity index (χ3n) is 4.42. The number of methoxy groups -OCH3 is 2. The molecule has 164 valence electrons. The number of nitrogens with one attached hydrogen (secondary N) is 2. The van der Waals surface area contributed by atoms with Crippen LogP contribution in [0.5, 0.6) is 5.75 Å². The lowest BCUT2D eigenvalue weighted by molar-refractivity contribution is 0.0950. The van der Waals surface area contributed by atoms with Gasteiger partial charge < -0.3 is 14.8 Å². The Morgan fingerprint density at radius 1 is 1.10 bits per heavy atom. The van der Waals surface area contributed by atoms with Gasteiger partial charge in [-0.25, -0.2) is 17.8 Å². The van der Waals surface area contributed by atoms with Crippen LogP contribution < -0.4 is 14.8 Å². The van der Waals surface area contributed by atoms with Crippen molar-refractivity contribution in [2.24, 2.45) is 0 Å². The Hall–Kier alpha value is -3.21. The number of nitrogens with zero attached hydrogens (tertiary/aromatic N) is 2. The van der Waals surface area contributed by atoms with Crippen LogP contribution in [0.15, 0.2) is 65.7 Å². The summed E-state index contributed by atoms with van der Waals surface area (Å²) < 4.78 is 38.7. The molecule has 1 heterocycles. The highest BCUT2D eigenvalue weighted by Gasteiger charge is 2.16. The minimum atomic E-state index is -3.72. The van der Waals surface area contributed by atoms with Gasteiger partial charge >= 0.3 is 0 Å². The standard InChI is InChI=1S/C21H24N4O5S/c1-29-13-11-23-31(27,28)20-5-3-4-16(14-20)21(26)22-15-17-10-12-25(24-17)18-6-8-19(30-2)9-7-18/h3-10,12,14,23H,11,13,15H2,1-2H3,(H,22,26). The number of rotatable bonds is 10. The summed E-state index contributed by atoms with van der Waals surface area (Å²) in [4.78, 5) is 12.5. The summed E-state index contributed by atoms with van der Waals surface area (Å²) in [5, 5.41) is 7.20. The molecule has 0 unspecified atom stereocenters. The van der Waals surface area contributed by atoms with Gasteiger partial charge in [0.2, 0.25) is 10.0 Å². The van der Waals surface area contributed by atoms with Crippen LogP contribution in [0.4, 0.5) is 0 Å². The number of ether oxygens (including phenoxy) is 2. The van der Waals surface area contributed by atoms with Crippen LogP contribution in [-0.2, 0) is 21.3 Å². The first-order chi connectivity index (χ1) is 14.9. The summed E-state index contributed by atoms with van der Waals surface area (Å²) in [5.41, 5.74) is 1.76. The van der Waals surface area contributed by atoms with Crippen LogP contribution in [0.3, 0.4) is 0 Å². The minimum absolute atomic E-state index is 0.0139. The van der Waals surface area contributed by atoms with Gasteiger partial charge in [0.05, 0.1) is 36.5 Å².